The second-order valence-corrected chi connectivity index (χ2v) is 5.13. The molecule has 7 heteroatoms. The number of aromatic hydroxyl groups is 1. The first-order valence-corrected chi connectivity index (χ1v) is 6.42. The van der Waals surface area contributed by atoms with Crippen LogP contribution in [0.15, 0.2) is 28.2 Å². The van der Waals surface area contributed by atoms with Gasteiger partial charge in [0.2, 0.25) is 0 Å². The molecule has 104 valence electrons. The fourth-order valence-electron chi connectivity index (χ4n) is 1.75. The van der Waals surface area contributed by atoms with Crippen LogP contribution >= 0.6 is 15.9 Å². The number of halogens is 1. The predicted molar refractivity (Wildman–Crippen MR) is 74.7 cm³/mol. The van der Waals surface area contributed by atoms with Crippen LogP contribution in [0.2, 0.25) is 0 Å². The molecule has 0 aromatic heterocycles. The number of phenols is 1. The van der Waals surface area contributed by atoms with Crippen molar-refractivity contribution in [3.05, 3.63) is 33.8 Å². The molecule has 0 saturated carbocycles. The van der Waals surface area contributed by atoms with Crippen LogP contribution in [0.3, 0.4) is 0 Å². The minimum Gasteiger partial charge on any atom is -0.507 e. The van der Waals surface area contributed by atoms with Crippen molar-refractivity contribution in [2.75, 3.05) is 14.1 Å². The maximum absolute atomic E-state index is 12.0. The van der Waals surface area contributed by atoms with Crippen molar-refractivity contribution in [3.63, 3.8) is 0 Å². The van der Waals surface area contributed by atoms with Crippen LogP contribution in [0, 0.1) is 0 Å². The number of hydrogen-bond donors (Lipinski definition) is 1. The number of hydrogen-bond acceptors (Lipinski definition) is 4. The van der Waals surface area contributed by atoms with E-state index in [0.717, 1.165) is 9.80 Å². The zero-order valence-corrected chi connectivity index (χ0v) is 12.3. The van der Waals surface area contributed by atoms with Gasteiger partial charge in [0.1, 0.15) is 11.3 Å². The van der Waals surface area contributed by atoms with Crippen molar-refractivity contribution in [1.29, 1.82) is 0 Å². The molecule has 0 unspecified atom stereocenters. The number of rotatable bonds is 1. The fourth-order valence-corrected chi connectivity index (χ4v) is 2.15. The van der Waals surface area contributed by atoms with Crippen molar-refractivity contribution in [1.82, 2.24) is 9.80 Å². The number of benzene rings is 1. The molecule has 4 amide bonds. The van der Waals surface area contributed by atoms with Crippen LogP contribution in [-0.2, 0) is 9.59 Å². The Bertz CT molecular complexity index is 628. The van der Waals surface area contributed by atoms with Crippen LogP contribution in [0.5, 0.6) is 5.75 Å². The Morgan fingerprint density at radius 3 is 2.15 bits per heavy atom. The molecule has 1 saturated heterocycles. The number of imide groups is 2. The molecule has 0 aliphatic carbocycles. The summed E-state index contributed by atoms with van der Waals surface area (Å²) in [4.78, 5) is 37.3. The zero-order chi connectivity index (χ0) is 15.0. The summed E-state index contributed by atoms with van der Waals surface area (Å²) < 4.78 is 0.445. The minimum absolute atomic E-state index is 0.0536. The number of phenolic OH excluding ortho intramolecular Hbond substituents is 1. The Hall–Kier alpha value is -2.15. The zero-order valence-electron chi connectivity index (χ0n) is 10.8. The van der Waals surface area contributed by atoms with Crippen LogP contribution in [0.1, 0.15) is 5.56 Å². The molecular weight excluding hydrogens is 328 g/mol. The molecule has 0 bridgehead atoms. The Labute approximate surface area is 123 Å². The lowest BCUT2D eigenvalue weighted by Gasteiger charge is -2.28. The Morgan fingerprint density at radius 2 is 1.65 bits per heavy atom. The molecule has 0 spiro atoms. The van der Waals surface area contributed by atoms with Crippen molar-refractivity contribution in [2.24, 2.45) is 0 Å². The average molecular weight is 339 g/mol. The highest BCUT2D eigenvalue weighted by Crippen LogP contribution is 2.26. The monoisotopic (exact) mass is 338 g/mol. The van der Waals surface area contributed by atoms with Crippen LogP contribution in [0.25, 0.3) is 6.08 Å². The molecule has 0 atom stereocenters. The molecule has 1 heterocycles. The number of barbiturate groups is 1. The second-order valence-electron chi connectivity index (χ2n) is 4.28. The largest absolute Gasteiger partial charge is 0.507 e. The number of urea groups is 1. The van der Waals surface area contributed by atoms with E-state index in [2.05, 4.69) is 15.9 Å². The van der Waals surface area contributed by atoms with E-state index in [1.54, 1.807) is 12.1 Å². The smallest absolute Gasteiger partial charge is 0.333 e. The van der Waals surface area contributed by atoms with Gasteiger partial charge in [-0.2, -0.15) is 0 Å². The minimum atomic E-state index is -0.663. The predicted octanol–water partition coefficient (Wildman–Crippen LogP) is 1.59. The maximum Gasteiger partial charge on any atom is 0.333 e. The van der Waals surface area contributed by atoms with Gasteiger partial charge in [-0.1, -0.05) is 6.07 Å². The van der Waals surface area contributed by atoms with Gasteiger partial charge in [-0.3, -0.25) is 19.4 Å². The summed E-state index contributed by atoms with van der Waals surface area (Å²) in [5, 5.41) is 9.41. The van der Waals surface area contributed by atoms with E-state index in [9.17, 15) is 19.5 Å². The van der Waals surface area contributed by atoms with Gasteiger partial charge < -0.3 is 5.11 Å². The van der Waals surface area contributed by atoms with Gasteiger partial charge in [0.15, 0.2) is 0 Å². The molecule has 1 aromatic rings. The normalized spacial score (nSPS) is 15.9. The van der Waals surface area contributed by atoms with E-state index < -0.39 is 17.8 Å². The third-order valence-electron chi connectivity index (χ3n) is 2.93. The maximum atomic E-state index is 12.0. The molecule has 0 radical (unpaired) electrons. The van der Waals surface area contributed by atoms with Crippen LogP contribution in [-0.4, -0.2) is 46.8 Å². The highest BCUT2D eigenvalue weighted by atomic mass is 79.9. The van der Waals surface area contributed by atoms with Crippen LogP contribution < -0.4 is 0 Å². The Kier molecular flexibility index (Phi) is 3.63. The van der Waals surface area contributed by atoms with E-state index in [0.29, 0.717) is 10.0 Å². The van der Waals surface area contributed by atoms with Crippen molar-refractivity contribution in [3.8, 4) is 5.75 Å². The summed E-state index contributed by atoms with van der Waals surface area (Å²) in [6.45, 7) is 0. The number of likely N-dealkylation sites (N-methyl/N-ethyl adjacent to an activating group) is 2. The Balaban J connectivity index is 2.46. The average Bonchev–Trinajstić information content (AvgIpc) is 2.43. The van der Waals surface area contributed by atoms with E-state index >= 15 is 0 Å². The standard InChI is InChI=1S/C13H11BrN2O4/c1-15-11(18)8(12(19)16(2)13(15)20)5-7-3-4-10(17)9(14)6-7/h3-6,17H,1-2H3. The first-order chi connectivity index (χ1) is 9.32. The molecule has 1 aliphatic rings. The van der Waals surface area contributed by atoms with Crippen molar-refractivity contribution >= 4 is 39.9 Å². The molecule has 20 heavy (non-hydrogen) atoms. The molecular formula is C13H11BrN2O4. The SMILES string of the molecule is CN1C(=O)C(=Cc2ccc(O)c(Br)c2)C(=O)N(C)C1=O. The van der Waals surface area contributed by atoms with Gasteiger partial charge in [-0.05, 0) is 39.7 Å². The van der Waals surface area contributed by atoms with Gasteiger partial charge in [0.05, 0.1) is 4.47 Å². The third-order valence-corrected chi connectivity index (χ3v) is 3.56. The van der Waals surface area contributed by atoms with Crippen molar-refractivity contribution < 1.29 is 19.5 Å². The summed E-state index contributed by atoms with van der Waals surface area (Å²) >= 11 is 3.15. The molecule has 6 nitrogen and oxygen atoms in total. The van der Waals surface area contributed by atoms with Gasteiger partial charge in [-0.25, -0.2) is 4.79 Å². The third kappa shape index (κ3) is 2.32. The number of nitrogens with zero attached hydrogens (tertiary/aromatic N) is 2. The topological polar surface area (TPSA) is 77.9 Å². The molecule has 1 N–H and O–H groups in total. The summed E-state index contributed by atoms with van der Waals surface area (Å²) in [5.41, 5.74) is 0.453. The first kappa shape index (κ1) is 14.3. The quantitative estimate of drug-likeness (QED) is 0.623. The Morgan fingerprint density at radius 1 is 1.10 bits per heavy atom. The lowest BCUT2D eigenvalue weighted by Crippen LogP contribution is -2.52. The van der Waals surface area contributed by atoms with Gasteiger partial charge in [-0.15, -0.1) is 0 Å². The summed E-state index contributed by atoms with van der Waals surface area (Å²) in [6, 6.07) is 3.90. The molecule has 1 aromatic carbocycles. The van der Waals surface area contributed by atoms with E-state index in [1.165, 1.54) is 26.2 Å². The highest BCUT2D eigenvalue weighted by Gasteiger charge is 2.37. The van der Waals surface area contributed by atoms with Gasteiger partial charge >= 0.3 is 6.03 Å². The van der Waals surface area contributed by atoms with E-state index in [4.69, 9.17) is 0 Å². The molecule has 2 rings (SSSR count). The second kappa shape index (κ2) is 5.09. The molecule has 1 fully saturated rings. The number of carbonyl (C=O) groups excluding carboxylic acids is 3. The lowest BCUT2D eigenvalue weighted by molar-refractivity contribution is -0.134. The summed E-state index contributed by atoms with van der Waals surface area (Å²) in [5.74, 6) is -1.25. The van der Waals surface area contributed by atoms with E-state index in [1.807, 2.05) is 0 Å². The number of carbonyl (C=O) groups is 3. The summed E-state index contributed by atoms with van der Waals surface area (Å²) in [7, 11) is 2.63. The number of amides is 4. The van der Waals surface area contributed by atoms with Crippen molar-refractivity contribution in [2.45, 2.75) is 0 Å². The lowest BCUT2D eigenvalue weighted by atomic mass is 10.1. The highest BCUT2D eigenvalue weighted by molar-refractivity contribution is 9.10. The fraction of sp³-hybridized carbons (Fsp3) is 0.154. The van der Waals surface area contributed by atoms with E-state index in [-0.39, 0.29) is 11.3 Å². The van der Waals surface area contributed by atoms with Crippen LogP contribution in [0.4, 0.5) is 4.79 Å². The molecule has 1 aliphatic heterocycles. The van der Waals surface area contributed by atoms with Gasteiger partial charge in [0, 0.05) is 14.1 Å². The first-order valence-electron chi connectivity index (χ1n) is 5.63. The van der Waals surface area contributed by atoms with Gasteiger partial charge in [0.25, 0.3) is 11.8 Å². The summed E-state index contributed by atoms with van der Waals surface area (Å²) in [6.07, 6.45) is 1.38.